The SMILES string of the molecule is CC(S)Oc1cc(C#N)ncn1. The molecule has 0 saturated carbocycles. The molecule has 12 heavy (non-hydrogen) atoms. The summed E-state index contributed by atoms with van der Waals surface area (Å²) < 4.78 is 5.12. The lowest BCUT2D eigenvalue weighted by atomic mass is 10.4. The number of rotatable bonds is 2. The number of nitrogens with zero attached hydrogens (tertiary/aromatic N) is 3. The molecule has 1 unspecified atom stereocenters. The predicted octanol–water partition coefficient (Wildman–Crippen LogP) is 1.00. The van der Waals surface area contributed by atoms with Crippen molar-refractivity contribution in [3.8, 4) is 11.9 Å². The first-order valence-corrected chi connectivity index (χ1v) is 3.81. The number of hydrogen-bond donors (Lipinski definition) is 1. The Kier molecular flexibility index (Phi) is 2.88. The minimum atomic E-state index is -0.244. The molecule has 0 fully saturated rings. The van der Waals surface area contributed by atoms with Crippen molar-refractivity contribution in [1.82, 2.24) is 9.97 Å². The zero-order valence-corrected chi connectivity index (χ0v) is 7.32. The second kappa shape index (κ2) is 3.93. The first-order chi connectivity index (χ1) is 5.72. The standard InChI is InChI=1S/C7H7N3OS/c1-5(12)11-7-2-6(3-8)9-4-10-7/h2,4-5,12H,1H3. The third-order valence-electron chi connectivity index (χ3n) is 1.05. The Morgan fingerprint density at radius 2 is 2.42 bits per heavy atom. The molecule has 4 nitrogen and oxygen atoms in total. The first kappa shape index (κ1) is 8.81. The average Bonchev–Trinajstić information content (AvgIpc) is 2.03. The van der Waals surface area contributed by atoms with Gasteiger partial charge in [-0.1, -0.05) is 0 Å². The maximum absolute atomic E-state index is 8.48. The molecule has 1 aromatic heterocycles. The molecule has 0 bridgehead atoms. The van der Waals surface area contributed by atoms with Crippen molar-refractivity contribution in [2.45, 2.75) is 12.4 Å². The highest BCUT2D eigenvalue weighted by atomic mass is 32.1. The van der Waals surface area contributed by atoms with E-state index in [9.17, 15) is 0 Å². The number of aromatic nitrogens is 2. The summed E-state index contributed by atoms with van der Waals surface area (Å²) in [6.07, 6.45) is 1.28. The van der Waals surface area contributed by atoms with E-state index >= 15 is 0 Å². The molecule has 0 aliphatic rings. The van der Waals surface area contributed by atoms with Crippen molar-refractivity contribution in [3.63, 3.8) is 0 Å². The first-order valence-electron chi connectivity index (χ1n) is 3.29. The summed E-state index contributed by atoms with van der Waals surface area (Å²) in [5.74, 6) is 0.365. The van der Waals surface area contributed by atoms with Crippen LogP contribution in [0.2, 0.25) is 0 Å². The Labute approximate surface area is 75.6 Å². The van der Waals surface area contributed by atoms with Crippen LogP contribution in [0.1, 0.15) is 12.6 Å². The molecule has 5 heteroatoms. The second-order valence-electron chi connectivity index (χ2n) is 2.07. The summed E-state index contributed by atoms with van der Waals surface area (Å²) in [4.78, 5) is 7.48. The van der Waals surface area contributed by atoms with Crippen molar-refractivity contribution in [3.05, 3.63) is 18.1 Å². The summed E-state index contributed by atoms with van der Waals surface area (Å²) >= 11 is 4.01. The van der Waals surface area contributed by atoms with Crippen LogP contribution in [0.5, 0.6) is 5.88 Å². The quantitative estimate of drug-likeness (QED) is 0.546. The molecule has 0 spiro atoms. The number of ether oxygens (including phenoxy) is 1. The number of hydrogen-bond acceptors (Lipinski definition) is 5. The summed E-state index contributed by atoms with van der Waals surface area (Å²) in [6, 6.07) is 3.35. The van der Waals surface area contributed by atoms with E-state index in [0.717, 1.165) is 0 Å². The Bertz CT molecular complexity index is 308. The van der Waals surface area contributed by atoms with Crippen LogP contribution in [0.3, 0.4) is 0 Å². The summed E-state index contributed by atoms with van der Waals surface area (Å²) in [5, 5.41) is 8.48. The monoisotopic (exact) mass is 181 g/mol. The van der Waals surface area contributed by atoms with Gasteiger partial charge in [0, 0.05) is 6.07 Å². The molecule has 0 aliphatic carbocycles. The van der Waals surface area contributed by atoms with Gasteiger partial charge in [0.25, 0.3) is 0 Å². The zero-order chi connectivity index (χ0) is 8.97. The van der Waals surface area contributed by atoms with E-state index in [1.807, 2.05) is 6.07 Å². The predicted molar refractivity (Wildman–Crippen MR) is 45.8 cm³/mol. The van der Waals surface area contributed by atoms with Crippen molar-refractivity contribution < 1.29 is 4.74 Å². The molecule has 0 saturated heterocycles. The van der Waals surface area contributed by atoms with Crippen LogP contribution >= 0.6 is 12.6 Å². The van der Waals surface area contributed by atoms with Gasteiger partial charge >= 0.3 is 0 Å². The van der Waals surface area contributed by atoms with Crippen LogP contribution < -0.4 is 4.74 Å². The fourth-order valence-corrected chi connectivity index (χ4v) is 0.748. The van der Waals surface area contributed by atoms with Gasteiger partial charge < -0.3 is 4.74 Å². The molecule has 0 aliphatic heterocycles. The van der Waals surface area contributed by atoms with Crippen LogP contribution in [-0.4, -0.2) is 15.4 Å². The third kappa shape index (κ3) is 2.40. The Morgan fingerprint density at radius 1 is 1.67 bits per heavy atom. The smallest absolute Gasteiger partial charge is 0.218 e. The van der Waals surface area contributed by atoms with Crippen LogP contribution in [0.25, 0.3) is 0 Å². The normalized spacial score (nSPS) is 11.8. The van der Waals surface area contributed by atoms with E-state index in [1.165, 1.54) is 12.4 Å². The maximum Gasteiger partial charge on any atom is 0.218 e. The summed E-state index contributed by atoms with van der Waals surface area (Å²) in [6.45, 7) is 1.76. The van der Waals surface area contributed by atoms with E-state index in [0.29, 0.717) is 5.88 Å². The molecule has 0 aromatic carbocycles. The zero-order valence-electron chi connectivity index (χ0n) is 6.43. The van der Waals surface area contributed by atoms with Crippen molar-refractivity contribution in [2.75, 3.05) is 0 Å². The highest BCUT2D eigenvalue weighted by Gasteiger charge is 2.00. The molecular weight excluding hydrogens is 174 g/mol. The number of nitriles is 1. The van der Waals surface area contributed by atoms with Crippen LogP contribution in [-0.2, 0) is 0 Å². The largest absolute Gasteiger partial charge is 0.464 e. The Balaban J connectivity index is 2.81. The highest BCUT2D eigenvalue weighted by Crippen LogP contribution is 2.09. The van der Waals surface area contributed by atoms with Gasteiger partial charge in [-0.25, -0.2) is 9.97 Å². The van der Waals surface area contributed by atoms with Gasteiger partial charge in [-0.15, -0.1) is 12.6 Å². The van der Waals surface area contributed by atoms with E-state index < -0.39 is 0 Å². The molecule has 0 amide bonds. The van der Waals surface area contributed by atoms with Gasteiger partial charge in [0.1, 0.15) is 23.5 Å². The molecule has 62 valence electrons. The van der Waals surface area contributed by atoms with Gasteiger partial charge in [0.15, 0.2) is 0 Å². The van der Waals surface area contributed by atoms with E-state index in [2.05, 4.69) is 22.6 Å². The average molecular weight is 181 g/mol. The molecule has 1 heterocycles. The molecule has 1 rings (SSSR count). The van der Waals surface area contributed by atoms with E-state index in [-0.39, 0.29) is 11.1 Å². The Hall–Kier alpha value is -1.28. The minimum Gasteiger partial charge on any atom is -0.464 e. The molecular formula is C7H7N3OS. The van der Waals surface area contributed by atoms with Gasteiger partial charge in [0.2, 0.25) is 5.88 Å². The lowest BCUT2D eigenvalue weighted by Crippen LogP contribution is -2.04. The molecule has 1 aromatic rings. The summed E-state index contributed by atoms with van der Waals surface area (Å²) in [5.41, 5.74) is 0.0421. The highest BCUT2D eigenvalue weighted by molar-refractivity contribution is 7.80. The number of thiol groups is 1. The Morgan fingerprint density at radius 3 is 3.00 bits per heavy atom. The van der Waals surface area contributed by atoms with Crippen LogP contribution in [0, 0.1) is 11.3 Å². The van der Waals surface area contributed by atoms with E-state index in [4.69, 9.17) is 10.00 Å². The van der Waals surface area contributed by atoms with Crippen molar-refractivity contribution >= 4 is 12.6 Å². The second-order valence-corrected chi connectivity index (χ2v) is 2.80. The van der Waals surface area contributed by atoms with Crippen LogP contribution in [0.15, 0.2) is 12.4 Å². The molecule has 0 radical (unpaired) electrons. The molecule has 1 atom stereocenters. The van der Waals surface area contributed by atoms with Gasteiger partial charge in [-0.2, -0.15) is 5.26 Å². The maximum atomic E-state index is 8.48. The lowest BCUT2D eigenvalue weighted by Gasteiger charge is -2.06. The van der Waals surface area contributed by atoms with Gasteiger partial charge in [-0.05, 0) is 6.92 Å². The lowest BCUT2D eigenvalue weighted by molar-refractivity contribution is 0.297. The molecule has 0 N–H and O–H groups in total. The van der Waals surface area contributed by atoms with Crippen molar-refractivity contribution in [1.29, 1.82) is 5.26 Å². The fraction of sp³-hybridized carbons (Fsp3) is 0.286. The fourth-order valence-electron chi connectivity index (χ4n) is 0.640. The van der Waals surface area contributed by atoms with Gasteiger partial charge in [0.05, 0.1) is 0 Å². The van der Waals surface area contributed by atoms with Crippen LogP contribution in [0.4, 0.5) is 0 Å². The minimum absolute atomic E-state index is 0.244. The summed E-state index contributed by atoms with van der Waals surface area (Å²) in [7, 11) is 0. The van der Waals surface area contributed by atoms with E-state index in [1.54, 1.807) is 6.92 Å². The van der Waals surface area contributed by atoms with Crippen molar-refractivity contribution in [2.24, 2.45) is 0 Å². The third-order valence-corrected chi connectivity index (χ3v) is 1.15. The topological polar surface area (TPSA) is 58.8 Å². The van der Waals surface area contributed by atoms with Gasteiger partial charge in [-0.3, -0.25) is 0 Å².